The lowest BCUT2D eigenvalue weighted by molar-refractivity contribution is 0.885. The summed E-state index contributed by atoms with van der Waals surface area (Å²) in [5, 5.41) is 3.05. The first-order valence-electron chi connectivity index (χ1n) is 3.53. The van der Waals surface area contributed by atoms with Gasteiger partial charge < -0.3 is 5.32 Å². The average Bonchev–Trinajstić information content (AvgIpc) is 2.53. The maximum absolute atomic E-state index is 4.06. The van der Waals surface area contributed by atoms with Crippen LogP contribution in [0.25, 0.3) is 0 Å². The van der Waals surface area contributed by atoms with Crippen molar-refractivity contribution in [1.29, 1.82) is 0 Å². The zero-order valence-corrected chi connectivity index (χ0v) is 8.54. The van der Waals surface area contributed by atoms with E-state index in [-0.39, 0.29) is 0 Å². The minimum Gasteiger partial charge on any atom is -0.316 e. The van der Waals surface area contributed by atoms with E-state index in [1.165, 1.54) is 17.1 Å². The zero-order chi connectivity index (χ0) is 8.81. The number of hydrogen-bond donors (Lipinski definition) is 1. The van der Waals surface area contributed by atoms with Gasteiger partial charge in [0.2, 0.25) is 0 Å². The van der Waals surface area contributed by atoms with Crippen LogP contribution in [-0.4, -0.2) is 28.7 Å². The highest BCUT2D eigenvalue weighted by Crippen LogP contribution is 2.19. The van der Waals surface area contributed by atoms with Gasteiger partial charge in [-0.2, -0.15) is 4.37 Å². The summed E-state index contributed by atoms with van der Waals surface area (Å²) in [6, 6.07) is 0. The van der Waals surface area contributed by atoms with E-state index in [1.54, 1.807) is 18.1 Å². The van der Waals surface area contributed by atoms with Gasteiger partial charge in [-0.05, 0) is 18.6 Å². The predicted molar refractivity (Wildman–Crippen MR) is 53.7 cm³/mol. The number of rotatable bonds is 5. The second-order valence-corrected chi connectivity index (χ2v) is 4.28. The smallest absolute Gasteiger partial charge is 0.170 e. The highest BCUT2D eigenvalue weighted by atomic mass is 32.2. The van der Waals surface area contributed by atoms with E-state index in [2.05, 4.69) is 21.3 Å². The molecule has 0 aliphatic heterocycles. The molecule has 3 nitrogen and oxygen atoms in total. The number of hydrogen-bond acceptors (Lipinski definition) is 5. The van der Waals surface area contributed by atoms with Crippen LogP contribution in [0.3, 0.4) is 0 Å². The Morgan fingerprint density at radius 1 is 1.83 bits per heavy atom. The molecule has 1 aromatic heterocycles. The van der Waals surface area contributed by atoms with Crippen LogP contribution in [0.1, 0.15) is 0 Å². The molecule has 0 aromatic carbocycles. The normalized spacial score (nSPS) is 10.1. The van der Waals surface area contributed by atoms with Gasteiger partial charge in [0, 0.05) is 12.3 Å². The van der Waals surface area contributed by atoms with Gasteiger partial charge >= 0.3 is 0 Å². The van der Waals surface area contributed by atoms with Crippen LogP contribution >= 0.6 is 23.3 Å². The SMILES string of the molecule is C=C(CNC)CSc1ncns1. The van der Waals surface area contributed by atoms with E-state index in [1.807, 2.05) is 7.05 Å². The Labute approximate surface area is 80.5 Å². The fourth-order valence-corrected chi connectivity index (χ4v) is 2.04. The van der Waals surface area contributed by atoms with Crippen LogP contribution in [0, 0.1) is 0 Å². The lowest BCUT2D eigenvalue weighted by Crippen LogP contribution is -2.10. The minimum atomic E-state index is 0.867. The summed E-state index contributed by atoms with van der Waals surface area (Å²) in [7, 11) is 1.92. The molecule has 0 fully saturated rings. The molecule has 1 heterocycles. The summed E-state index contributed by atoms with van der Waals surface area (Å²) < 4.78 is 4.92. The van der Waals surface area contributed by atoms with Gasteiger partial charge in [0.25, 0.3) is 0 Å². The van der Waals surface area contributed by atoms with Crippen molar-refractivity contribution in [1.82, 2.24) is 14.7 Å². The quantitative estimate of drug-likeness (QED) is 0.577. The molecule has 0 saturated heterocycles. The number of nitrogens with one attached hydrogen (secondary N) is 1. The van der Waals surface area contributed by atoms with Crippen molar-refractivity contribution >= 4 is 23.3 Å². The Hall–Kier alpha value is -0.390. The van der Waals surface area contributed by atoms with Crippen molar-refractivity contribution in [2.75, 3.05) is 19.3 Å². The molecule has 1 N–H and O–H groups in total. The molecule has 0 radical (unpaired) electrons. The molecule has 0 amide bonds. The van der Waals surface area contributed by atoms with Gasteiger partial charge in [-0.25, -0.2) is 4.98 Å². The second-order valence-electron chi connectivity index (χ2n) is 2.28. The molecule has 0 aliphatic carbocycles. The number of aromatic nitrogens is 2. The van der Waals surface area contributed by atoms with Gasteiger partial charge in [-0.3, -0.25) is 0 Å². The molecule has 0 bridgehead atoms. The van der Waals surface area contributed by atoms with Gasteiger partial charge in [0.05, 0.1) is 0 Å². The summed E-state index contributed by atoms with van der Waals surface area (Å²) in [6.45, 7) is 4.78. The zero-order valence-electron chi connectivity index (χ0n) is 6.91. The molecule has 12 heavy (non-hydrogen) atoms. The Morgan fingerprint density at radius 2 is 2.67 bits per heavy atom. The summed E-state index contributed by atoms with van der Waals surface area (Å²) in [6.07, 6.45) is 1.58. The van der Waals surface area contributed by atoms with Crippen LogP contribution in [0.4, 0.5) is 0 Å². The molecule has 0 saturated carbocycles. The van der Waals surface area contributed by atoms with E-state index in [9.17, 15) is 0 Å². The fraction of sp³-hybridized carbons (Fsp3) is 0.429. The topological polar surface area (TPSA) is 37.8 Å². The van der Waals surface area contributed by atoms with Crippen molar-refractivity contribution < 1.29 is 0 Å². The van der Waals surface area contributed by atoms with Crippen molar-refractivity contribution in [3.63, 3.8) is 0 Å². The third kappa shape index (κ3) is 3.34. The maximum Gasteiger partial charge on any atom is 0.170 e. The second kappa shape index (κ2) is 5.29. The Morgan fingerprint density at radius 3 is 3.25 bits per heavy atom. The highest BCUT2D eigenvalue weighted by Gasteiger charge is 1.98. The summed E-state index contributed by atoms with van der Waals surface area (Å²) in [4.78, 5) is 4.06. The summed E-state index contributed by atoms with van der Waals surface area (Å²) in [5.41, 5.74) is 1.18. The fourth-order valence-electron chi connectivity index (χ4n) is 0.691. The third-order valence-electron chi connectivity index (χ3n) is 1.17. The minimum absolute atomic E-state index is 0.867. The monoisotopic (exact) mass is 201 g/mol. The van der Waals surface area contributed by atoms with Crippen LogP contribution in [-0.2, 0) is 0 Å². The molecule has 0 atom stereocenters. The third-order valence-corrected chi connectivity index (χ3v) is 3.11. The Bertz CT molecular complexity index is 233. The van der Waals surface area contributed by atoms with E-state index in [0.717, 1.165) is 16.6 Å². The van der Waals surface area contributed by atoms with E-state index < -0.39 is 0 Å². The van der Waals surface area contributed by atoms with Gasteiger partial charge in [0.1, 0.15) is 6.33 Å². The molecule has 5 heteroatoms. The van der Waals surface area contributed by atoms with E-state index in [0.29, 0.717) is 0 Å². The highest BCUT2D eigenvalue weighted by molar-refractivity contribution is 8.01. The van der Waals surface area contributed by atoms with Gasteiger partial charge in [-0.15, -0.1) is 0 Å². The molecular weight excluding hydrogens is 190 g/mol. The van der Waals surface area contributed by atoms with Crippen molar-refractivity contribution in [3.05, 3.63) is 18.5 Å². The van der Waals surface area contributed by atoms with Crippen molar-refractivity contribution in [3.8, 4) is 0 Å². The molecule has 1 aromatic rings. The van der Waals surface area contributed by atoms with Gasteiger partial charge in [0.15, 0.2) is 4.34 Å². The van der Waals surface area contributed by atoms with Crippen LogP contribution in [0.5, 0.6) is 0 Å². The van der Waals surface area contributed by atoms with Crippen LogP contribution < -0.4 is 5.32 Å². The summed E-state index contributed by atoms with van der Waals surface area (Å²) >= 11 is 3.10. The molecule has 0 aliphatic rings. The largest absolute Gasteiger partial charge is 0.316 e. The lowest BCUT2D eigenvalue weighted by atomic mass is 10.3. The molecular formula is C7H11N3S2. The first kappa shape index (κ1) is 9.70. The van der Waals surface area contributed by atoms with Crippen LogP contribution in [0.15, 0.2) is 22.8 Å². The Balaban J connectivity index is 2.22. The number of nitrogens with zero attached hydrogens (tertiary/aromatic N) is 2. The number of likely N-dealkylation sites (N-methyl/N-ethyl adjacent to an activating group) is 1. The predicted octanol–water partition coefficient (Wildman–Crippen LogP) is 1.41. The molecule has 66 valence electrons. The first-order valence-corrected chi connectivity index (χ1v) is 5.29. The van der Waals surface area contributed by atoms with Gasteiger partial charge in [-0.1, -0.05) is 23.9 Å². The number of thioether (sulfide) groups is 1. The average molecular weight is 201 g/mol. The first-order chi connectivity index (χ1) is 5.83. The van der Waals surface area contributed by atoms with Crippen LogP contribution in [0.2, 0.25) is 0 Å². The molecule has 1 rings (SSSR count). The van der Waals surface area contributed by atoms with Crippen molar-refractivity contribution in [2.45, 2.75) is 4.34 Å². The maximum atomic E-state index is 4.06. The summed E-state index contributed by atoms with van der Waals surface area (Å²) in [5.74, 6) is 0.913. The Kier molecular flexibility index (Phi) is 4.27. The molecule has 0 spiro atoms. The van der Waals surface area contributed by atoms with Crippen molar-refractivity contribution in [2.24, 2.45) is 0 Å². The lowest BCUT2D eigenvalue weighted by Gasteiger charge is -2.01. The molecule has 0 unspecified atom stereocenters. The van der Waals surface area contributed by atoms with E-state index >= 15 is 0 Å². The van der Waals surface area contributed by atoms with E-state index in [4.69, 9.17) is 0 Å². The standard InChI is InChI=1S/C7H11N3S2/c1-6(3-8-2)4-11-7-9-5-10-12-7/h5,8H,1,3-4H2,2H3.